The Hall–Kier alpha value is -0.330. The summed E-state index contributed by atoms with van der Waals surface area (Å²) in [5.41, 5.74) is 0.235. The van der Waals surface area contributed by atoms with Gasteiger partial charge >= 0.3 is 0 Å². The van der Waals surface area contributed by atoms with E-state index >= 15 is 0 Å². The van der Waals surface area contributed by atoms with Crippen LogP contribution in [0, 0.1) is 11.3 Å². The summed E-state index contributed by atoms with van der Waals surface area (Å²) < 4.78 is 0. The largest absolute Gasteiger partial charge is 0.303 e. The maximum Gasteiger partial charge on any atom is 0.123 e. The lowest BCUT2D eigenvalue weighted by Gasteiger charge is -2.31. The van der Waals surface area contributed by atoms with Gasteiger partial charge in [-0.25, -0.2) is 0 Å². The molecule has 0 saturated heterocycles. The van der Waals surface area contributed by atoms with Gasteiger partial charge in [0.25, 0.3) is 0 Å². The Morgan fingerprint density at radius 1 is 1.00 bits per heavy atom. The van der Waals surface area contributed by atoms with Crippen LogP contribution < -0.4 is 0 Å². The van der Waals surface area contributed by atoms with Crippen molar-refractivity contribution in [3.05, 3.63) is 0 Å². The molecule has 1 rings (SSSR count). The lowest BCUT2D eigenvalue weighted by molar-refractivity contribution is -0.114. The Morgan fingerprint density at radius 2 is 1.57 bits per heavy atom. The van der Waals surface area contributed by atoms with Gasteiger partial charge in [0, 0.05) is 5.92 Å². The van der Waals surface area contributed by atoms with E-state index in [1.165, 1.54) is 51.2 Å². The van der Waals surface area contributed by atoms with E-state index in [-0.39, 0.29) is 5.41 Å². The molecule has 1 nitrogen and oxygen atoms in total. The average molecular weight is 196 g/mol. The zero-order valence-corrected chi connectivity index (χ0v) is 9.72. The molecule has 1 aliphatic carbocycles. The first-order chi connectivity index (χ1) is 6.67. The maximum absolute atomic E-state index is 11.0. The molecule has 1 aliphatic rings. The molecule has 0 radical (unpaired) electrons. The minimum absolute atomic E-state index is 0.235. The van der Waals surface area contributed by atoms with Gasteiger partial charge in [0.1, 0.15) is 6.29 Å². The Kier molecular flexibility index (Phi) is 4.64. The van der Waals surface area contributed by atoms with Gasteiger partial charge in [-0.05, 0) is 18.3 Å². The molecule has 0 aliphatic heterocycles. The number of carbonyl (C=O) groups is 1. The molecule has 0 spiro atoms. The van der Waals surface area contributed by atoms with Crippen molar-refractivity contribution in [1.82, 2.24) is 0 Å². The van der Waals surface area contributed by atoms with Crippen LogP contribution >= 0.6 is 0 Å². The summed E-state index contributed by atoms with van der Waals surface area (Å²) >= 11 is 0. The molecule has 1 fully saturated rings. The summed E-state index contributed by atoms with van der Waals surface area (Å²) in [6, 6.07) is 0. The van der Waals surface area contributed by atoms with E-state index in [4.69, 9.17) is 0 Å². The monoisotopic (exact) mass is 196 g/mol. The van der Waals surface area contributed by atoms with Crippen LogP contribution in [0.2, 0.25) is 0 Å². The van der Waals surface area contributed by atoms with E-state index in [1.807, 2.05) is 0 Å². The van der Waals surface area contributed by atoms with E-state index in [9.17, 15) is 4.79 Å². The van der Waals surface area contributed by atoms with Crippen molar-refractivity contribution >= 4 is 6.29 Å². The summed E-state index contributed by atoms with van der Waals surface area (Å²) in [5, 5.41) is 0. The SMILES string of the molecule is CC1(C)CCCCCCCCC1C=O. The summed E-state index contributed by atoms with van der Waals surface area (Å²) in [6.45, 7) is 4.52. The first kappa shape index (κ1) is 11.7. The summed E-state index contributed by atoms with van der Waals surface area (Å²) in [4.78, 5) is 11.0. The van der Waals surface area contributed by atoms with E-state index in [0.717, 1.165) is 6.42 Å². The van der Waals surface area contributed by atoms with Crippen LogP contribution in [0.15, 0.2) is 0 Å². The van der Waals surface area contributed by atoms with Crippen LogP contribution in [0.3, 0.4) is 0 Å². The lowest BCUT2D eigenvalue weighted by Crippen LogP contribution is -2.25. The zero-order chi connectivity index (χ0) is 10.4. The minimum atomic E-state index is 0.235. The third-order valence-corrected chi connectivity index (χ3v) is 3.75. The Balaban J connectivity index is 2.54. The van der Waals surface area contributed by atoms with Gasteiger partial charge < -0.3 is 4.79 Å². The smallest absolute Gasteiger partial charge is 0.123 e. The number of rotatable bonds is 1. The molecule has 0 aromatic rings. The van der Waals surface area contributed by atoms with Gasteiger partial charge in [0.2, 0.25) is 0 Å². The zero-order valence-electron chi connectivity index (χ0n) is 9.72. The molecule has 1 heteroatoms. The number of hydrogen-bond donors (Lipinski definition) is 0. The molecule has 0 aromatic carbocycles. The van der Waals surface area contributed by atoms with Crippen molar-refractivity contribution in [3.63, 3.8) is 0 Å². The topological polar surface area (TPSA) is 17.1 Å². The molecule has 0 N–H and O–H groups in total. The van der Waals surface area contributed by atoms with Crippen molar-refractivity contribution < 1.29 is 4.79 Å². The fourth-order valence-electron chi connectivity index (χ4n) is 2.48. The average Bonchev–Trinajstić information content (AvgIpc) is 2.15. The van der Waals surface area contributed by atoms with Crippen LogP contribution in [0.4, 0.5) is 0 Å². The van der Waals surface area contributed by atoms with Gasteiger partial charge in [-0.2, -0.15) is 0 Å². The number of hydrogen-bond acceptors (Lipinski definition) is 1. The van der Waals surface area contributed by atoms with Crippen LogP contribution in [-0.4, -0.2) is 6.29 Å². The molecule has 14 heavy (non-hydrogen) atoms. The molecule has 0 aromatic heterocycles. The second-order valence-corrected chi connectivity index (χ2v) is 5.39. The minimum Gasteiger partial charge on any atom is -0.303 e. The first-order valence-corrected chi connectivity index (χ1v) is 6.12. The first-order valence-electron chi connectivity index (χ1n) is 6.12. The van der Waals surface area contributed by atoms with E-state index in [1.54, 1.807) is 0 Å². The number of aldehydes is 1. The highest BCUT2D eigenvalue weighted by molar-refractivity contribution is 5.54. The van der Waals surface area contributed by atoms with Crippen LogP contribution in [0.25, 0.3) is 0 Å². The van der Waals surface area contributed by atoms with Crippen LogP contribution in [0.1, 0.15) is 65.2 Å². The van der Waals surface area contributed by atoms with Crippen molar-refractivity contribution in [2.75, 3.05) is 0 Å². The Labute approximate surface area is 88.3 Å². The third-order valence-electron chi connectivity index (χ3n) is 3.75. The quantitative estimate of drug-likeness (QED) is 0.580. The fraction of sp³-hybridized carbons (Fsp3) is 0.923. The molecule has 0 heterocycles. The third kappa shape index (κ3) is 3.43. The molecule has 0 amide bonds. The maximum atomic E-state index is 11.0. The Bertz CT molecular complexity index is 172. The predicted octanol–water partition coefficient (Wildman–Crippen LogP) is 3.96. The lowest BCUT2D eigenvalue weighted by atomic mass is 9.73. The van der Waals surface area contributed by atoms with Gasteiger partial charge in [-0.1, -0.05) is 52.4 Å². The fourth-order valence-corrected chi connectivity index (χ4v) is 2.48. The van der Waals surface area contributed by atoms with Crippen molar-refractivity contribution in [2.24, 2.45) is 11.3 Å². The Morgan fingerprint density at radius 3 is 2.21 bits per heavy atom. The van der Waals surface area contributed by atoms with Gasteiger partial charge in [0.15, 0.2) is 0 Å². The second kappa shape index (κ2) is 5.53. The molecule has 1 unspecified atom stereocenters. The molecule has 0 bridgehead atoms. The highest BCUT2D eigenvalue weighted by atomic mass is 16.1. The van der Waals surface area contributed by atoms with E-state index < -0.39 is 0 Å². The normalized spacial score (nSPS) is 29.4. The molecule has 1 atom stereocenters. The number of carbonyl (C=O) groups excluding carboxylic acids is 1. The predicted molar refractivity (Wildman–Crippen MR) is 60.3 cm³/mol. The van der Waals surface area contributed by atoms with Crippen molar-refractivity contribution in [3.8, 4) is 0 Å². The molecule has 82 valence electrons. The highest BCUT2D eigenvalue weighted by Gasteiger charge is 2.28. The molecular formula is C13H24O. The van der Waals surface area contributed by atoms with Crippen molar-refractivity contribution in [1.29, 1.82) is 0 Å². The van der Waals surface area contributed by atoms with E-state index in [0.29, 0.717) is 5.92 Å². The second-order valence-electron chi connectivity index (χ2n) is 5.39. The van der Waals surface area contributed by atoms with Crippen LogP contribution in [-0.2, 0) is 4.79 Å². The van der Waals surface area contributed by atoms with Gasteiger partial charge in [0.05, 0.1) is 0 Å². The van der Waals surface area contributed by atoms with Gasteiger partial charge in [-0.3, -0.25) is 0 Å². The summed E-state index contributed by atoms with van der Waals surface area (Å²) in [7, 11) is 0. The molecule has 1 saturated carbocycles. The van der Waals surface area contributed by atoms with Crippen LogP contribution in [0.5, 0.6) is 0 Å². The highest BCUT2D eigenvalue weighted by Crippen LogP contribution is 2.35. The summed E-state index contributed by atoms with van der Waals surface area (Å²) in [6.07, 6.45) is 11.5. The standard InChI is InChI=1S/C13H24O/c1-13(2)10-8-6-4-3-5-7-9-12(13)11-14/h11-12H,3-10H2,1-2H3. The molecular weight excluding hydrogens is 172 g/mol. The van der Waals surface area contributed by atoms with Crippen molar-refractivity contribution in [2.45, 2.75) is 65.2 Å². The van der Waals surface area contributed by atoms with E-state index in [2.05, 4.69) is 13.8 Å². The summed E-state index contributed by atoms with van der Waals surface area (Å²) in [5.74, 6) is 0.292. The van der Waals surface area contributed by atoms with Gasteiger partial charge in [-0.15, -0.1) is 0 Å².